The molecule has 0 saturated heterocycles. The molecule has 0 unspecified atom stereocenters. The van der Waals surface area contributed by atoms with Gasteiger partial charge in [-0.05, 0) is 42.3 Å². The first-order valence-electron chi connectivity index (χ1n) is 5.31. The fourth-order valence-corrected chi connectivity index (χ4v) is 2.81. The quantitative estimate of drug-likeness (QED) is 0.753. The first-order valence-corrected chi connectivity index (χ1v) is 6.92. The number of rotatable bonds is 3. The van der Waals surface area contributed by atoms with Crippen LogP contribution >= 0.6 is 27.7 Å². The SMILES string of the molecule is CCc1ccccc1Sc1ccc(Br)cc1. The van der Waals surface area contributed by atoms with Gasteiger partial charge in [0.25, 0.3) is 0 Å². The van der Waals surface area contributed by atoms with E-state index in [-0.39, 0.29) is 0 Å². The van der Waals surface area contributed by atoms with E-state index in [4.69, 9.17) is 0 Å². The highest BCUT2D eigenvalue weighted by Gasteiger charge is 2.01. The first kappa shape index (κ1) is 11.7. The van der Waals surface area contributed by atoms with Crippen LogP contribution in [0.15, 0.2) is 62.8 Å². The van der Waals surface area contributed by atoms with Gasteiger partial charge in [0.15, 0.2) is 0 Å². The largest absolute Gasteiger partial charge is 0.0898 e. The van der Waals surface area contributed by atoms with E-state index in [2.05, 4.69) is 71.4 Å². The van der Waals surface area contributed by atoms with E-state index in [0.29, 0.717) is 0 Å². The number of hydrogen-bond donors (Lipinski definition) is 0. The molecule has 2 aromatic rings. The standard InChI is InChI=1S/C14H13BrS/c1-2-11-5-3-4-6-14(11)16-13-9-7-12(15)8-10-13/h3-10H,2H2,1H3. The van der Waals surface area contributed by atoms with Gasteiger partial charge in [-0.2, -0.15) is 0 Å². The molecule has 0 bridgehead atoms. The Bertz CT molecular complexity index is 462. The van der Waals surface area contributed by atoms with Crippen LogP contribution in [0.1, 0.15) is 12.5 Å². The van der Waals surface area contributed by atoms with Crippen molar-refractivity contribution in [1.82, 2.24) is 0 Å². The minimum Gasteiger partial charge on any atom is -0.0898 e. The minimum atomic E-state index is 1.08. The summed E-state index contributed by atoms with van der Waals surface area (Å²) in [5, 5.41) is 0. The second-order valence-corrected chi connectivity index (χ2v) is 5.55. The highest BCUT2D eigenvalue weighted by molar-refractivity contribution is 9.10. The molecule has 82 valence electrons. The molecular formula is C14H13BrS. The summed E-state index contributed by atoms with van der Waals surface area (Å²) in [6.45, 7) is 2.20. The van der Waals surface area contributed by atoms with Crippen LogP contribution in [-0.2, 0) is 6.42 Å². The van der Waals surface area contributed by atoms with Gasteiger partial charge in [0, 0.05) is 14.3 Å². The van der Waals surface area contributed by atoms with Gasteiger partial charge < -0.3 is 0 Å². The normalized spacial score (nSPS) is 10.4. The van der Waals surface area contributed by atoms with Gasteiger partial charge in [0.05, 0.1) is 0 Å². The van der Waals surface area contributed by atoms with Crippen LogP contribution in [-0.4, -0.2) is 0 Å². The molecule has 16 heavy (non-hydrogen) atoms. The third kappa shape index (κ3) is 2.89. The number of hydrogen-bond acceptors (Lipinski definition) is 1. The van der Waals surface area contributed by atoms with Gasteiger partial charge in [-0.1, -0.05) is 52.8 Å². The average Bonchev–Trinajstić information content (AvgIpc) is 2.33. The van der Waals surface area contributed by atoms with Gasteiger partial charge in [0.2, 0.25) is 0 Å². The smallest absolute Gasteiger partial charge is 0.0176 e. The highest BCUT2D eigenvalue weighted by Crippen LogP contribution is 2.31. The van der Waals surface area contributed by atoms with E-state index in [1.807, 2.05) is 11.8 Å². The lowest BCUT2D eigenvalue weighted by molar-refractivity contribution is 1.08. The molecule has 0 fully saturated rings. The Hall–Kier alpha value is -0.730. The molecule has 0 N–H and O–H groups in total. The van der Waals surface area contributed by atoms with Crippen molar-refractivity contribution in [2.75, 3.05) is 0 Å². The molecule has 0 radical (unpaired) electrons. The molecule has 0 aliphatic heterocycles. The third-order valence-corrected chi connectivity index (χ3v) is 4.05. The monoisotopic (exact) mass is 292 g/mol. The van der Waals surface area contributed by atoms with Crippen molar-refractivity contribution in [2.45, 2.75) is 23.1 Å². The summed E-state index contributed by atoms with van der Waals surface area (Å²) in [6.07, 6.45) is 1.08. The van der Waals surface area contributed by atoms with E-state index in [1.165, 1.54) is 15.4 Å². The van der Waals surface area contributed by atoms with E-state index in [0.717, 1.165) is 10.9 Å². The van der Waals surface area contributed by atoms with Crippen molar-refractivity contribution < 1.29 is 0 Å². The molecule has 0 atom stereocenters. The van der Waals surface area contributed by atoms with Gasteiger partial charge in [-0.25, -0.2) is 0 Å². The van der Waals surface area contributed by atoms with Crippen molar-refractivity contribution in [3.8, 4) is 0 Å². The van der Waals surface area contributed by atoms with Crippen molar-refractivity contribution in [1.29, 1.82) is 0 Å². The molecule has 0 aliphatic rings. The topological polar surface area (TPSA) is 0 Å². The molecule has 2 rings (SSSR count). The Kier molecular flexibility index (Phi) is 4.08. The van der Waals surface area contributed by atoms with E-state index < -0.39 is 0 Å². The summed E-state index contributed by atoms with van der Waals surface area (Å²) in [5.74, 6) is 0. The van der Waals surface area contributed by atoms with Crippen LogP contribution < -0.4 is 0 Å². The van der Waals surface area contributed by atoms with Gasteiger partial charge in [0.1, 0.15) is 0 Å². The molecule has 2 heteroatoms. The predicted octanol–water partition coefficient (Wildman–Crippen LogP) is 5.16. The fourth-order valence-electron chi connectivity index (χ4n) is 1.53. The van der Waals surface area contributed by atoms with Gasteiger partial charge in [-0.3, -0.25) is 0 Å². The third-order valence-electron chi connectivity index (χ3n) is 2.39. The Morgan fingerprint density at radius 1 is 1.00 bits per heavy atom. The Labute approximate surface area is 109 Å². The summed E-state index contributed by atoms with van der Waals surface area (Å²) >= 11 is 5.28. The maximum absolute atomic E-state index is 3.45. The van der Waals surface area contributed by atoms with Crippen LogP contribution in [0.2, 0.25) is 0 Å². The van der Waals surface area contributed by atoms with E-state index >= 15 is 0 Å². The average molecular weight is 293 g/mol. The Morgan fingerprint density at radius 3 is 2.38 bits per heavy atom. The number of benzene rings is 2. The second kappa shape index (κ2) is 5.55. The van der Waals surface area contributed by atoms with E-state index in [9.17, 15) is 0 Å². The van der Waals surface area contributed by atoms with Crippen LogP contribution in [0.4, 0.5) is 0 Å². The van der Waals surface area contributed by atoms with E-state index in [1.54, 1.807) is 0 Å². The minimum absolute atomic E-state index is 1.08. The predicted molar refractivity (Wildman–Crippen MR) is 74.1 cm³/mol. The van der Waals surface area contributed by atoms with Gasteiger partial charge >= 0.3 is 0 Å². The van der Waals surface area contributed by atoms with Crippen molar-refractivity contribution in [2.24, 2.45) is 0 Å². The molecule has 0 saturated carbocycles. The Morgan fingerprint density at radius 2 is 1.69 bits per heavy atom. The maximum Gasteiger partial charge on any atom is 0.0176 e. The van der Waals surface area contributed by atoms with Crippen LogP contribution in [0.3, 0.4) is 0 Å². The van der Waals surface area contributed by atoms with Crippen molar-refractivity contribution >= 4 is 27.7 Å². The molecular weight excluding hydrogens is 280 g/mol. The zero-order valence-electron chi connectivity index (χ0n) is 9.11. The number of aryl methyl sites for hydroxylation is 1. The summed E-state index contributed by atoms with van der Waals surface area (Å²) in [4.78, 5) is 2.64. The molecule has 0 spiro atoms. The lowest BCUT2D eigenvalue weighted by Gasteiger charge is -2.06. The first-order chi connectivity index (χ1) is 7.79. The summed E-state index contributed by atoms with van der Waals surface area (Å²) < 4.78 is 1.13. The van der Waals surface area contributed by atoms with Crippen molar-refractivity contribution in [3.63, 3.8) is 0 Å². The van der Waals surface area contributed by atoms with Crippen LogP contribution in [0.5, 0.6) is 0 Å². The zero-order chi connectivity index (χ0) is 11.4. The maximum atomic E-state index is 3.45. The number of halogens is 1. The molecule has 0 nitrogen and oxygen atoms in total. The van der Waals surface area contributed by atoms with Gasteiger partial charge in [-0.15, -0.1) is 0 Å². The van der Waals surface area contributed by atoms with Crippen LogP contribution in [0, 0.1) is 0 Å². The highest BCUT2D eigenvalue weighted by atomic mass is 79.9. The van der Waals surface area contributed by atoms with Crippen molar-refractivity contribution in [3.05, 3.63) is 58.6 Å². The molecule has 2 aromatic carbocycles. The molecule has 0 aliphatic carbocycles. The Balaban J connectivity index is 2.23. The lowest BCUT2D eigenvalue weighted by atomic mass is 10.2. The fraction of sp³-hybridized carbons (Fsp3) is 0.143. The summed E-state index contributed by atoms with van der Waals surface area (Å²) in [5.41, 5.74) is 1.41. The second-order valence-electron chi connectivity index (χ2n) is 3.52. The molecule has 0 amide bonds. The lowest BCUT2D eigenvalue weighted by Crippen LogP contribution is -1.83. The van der Waals surface area contributed by atoms with Crippen LogP contribution in [0.25, 0.3) is 0 Å². The summed E-state index contributed by atoms with van der Waals surface area (Å²) in [7, 11) is 0. The molecule has 0 heterocycles. The zero-order valence-corrected chi connectivity index (χ0v) is 11.5. The summed E-state index contributed by atoms with van der Waals surface area (Å²) in [6, 6.07) is 17.0. The molecule has 0 aromatic heterocycles.